The molecule has 0 saturated carbocycles. The lowest BCUT2D eigenvalue weighted by molar-refractivity contribution is 0.270. The molecule has 1 aromatic heterocycles. The van der Waals surface area contributed by atoms with E-state index < -0.39 is 0 Å². The monoisotopic (exact) mass is 243 g/mol. The molecule has 1 aromatic rings. The SMILES string of the molecule is CCC(C)(C)C(N)Cc1c(Cl)c(C)nn1C. The van der Waals surface area contributed by atoms with E-state index in [4.69, 9.17) is 17.3 Å². The van der Waals surface area contributed by atoms with Gasteiger partial charge in [0.15, 0.2) is 0 Å². The Morgan fingerprint density at radius 2 is 2.06 bits per heavy atom. The Hall–Kier alpha value is -0.540. The molecule has 1 heterocycles. The summed E-state index contributed by atoms with van der Waals surface area (Å²) >= 11 is 6.21. The highest BCUT2D eigenvalue weighted by molar-refractivity contribution is 6.31. The molecular weight excluding hydrogens is 222 g/mol. The van der Waals surface area contributed by atoms with Crippen molar-refractivity contribution in [1.82, 2.24) is 9.78 Å². The summed E-state index contributed by atoms with van der Waals surface area (Å²) in [6.07, 6.45) is 1.83. The van der Waals surface area contributed by atoms with Crippen molar-refractivity contribution in [2.24, 2.45) is 18.2 Å². The van der Waals surface area contributed by atoms with Crippen LogP contribution in [0, 0.1) is 12.3 Å². The van der Waals surface area contributed by atoms with Gasteiger partial charge in [0.2, 0.25) is 0 Å². The second kappa shape index (κ2) is 4.76. The normalized spacial score (nSPS) is 14.2. The Bertz CT molecular complexity index is 369. The molecule has 0 aliphatic rings. The van der Waals surface area contributed by atoms with Gasteiger partial charge in [-0.1, -0.05) is 32.4 Å². The van der Waals surface area contributed by atoms with Crippen molar-refractivity contribution < 1.29 is 0 Å². The van der Waals surface area contributed by atoms with E-state index in [-0.39, 0.29) is 11.5 Å². The van der Waals surface area contributed by atoms with Crippen LogP contribution in [-0.4, -0.2) is 15.8 Å². The highest BCUT2D eigenvalue weighted by atomic mass is 35.5. The summed E-state index contributed by atoms with van der Waals surface area (Å²) in [5, 5.41) is 5.06. The summed E-state index contributed by atoms with van der Waals surface area (Å²) in [5.41, 5.74) is 8.28. The fraction of sp³-hybridized carbons (Fsp3) is 0.750. The van der Waals surface area contributed by atoms with E-state index in [1.807, 2.05) is 18.7 Å². The lowest BCUT2D eigenvalue weighted by Gasteiger charge is -2.30. The molecule has 0 radical (unpaired) electrons. The highest BCUT2D eigenvalue weighted by Gasteiger charge is 2.26. The molecule has 0 bridgehead atoms. The number of aryl methyl sites for hydroxylation is 2. The van der Waals surface area contributed by atoms with Crippen molar-refractivity contribution in [2.45, 2.75) is 46.6 Å². The van der Waals surface area contributed by atoms with Crippen LogP contribution in [0.5, 0.6) is 0 Å². The lowest BCUT2D eigenvalue weighted by Crippen LogP contribution is -2.39. The number of nitrogens with two attached hydrogens (primary N) is 1. The highest BCUT2D eigenvalue weighted by Crippen LogP contribution is 2.28. The molecule has 0 amide bonds. The zero-order valence-corrected chi connectivity index (χ0v) is 11.6. The van der Waals surface area contributed by atoms with Gasteiger partial charge in [-0.25, -0.2) is 0 Å². The van der Waals surface area contributed by atoms with E-state index in [1.165, 1.54) is 0 Å². The van der Waals surface area contributed by atoms with Crippen LogP contribution in [0.2, 0.25) is 5.02 Å². The molecular formula is C12H22ClN3. The first-order chi connectivity index (χ1) is 7.29. The Morgan fingerprint density at radius 3 is 2.44 bits per heavy atom. The molecule has 4 heteroatoms. The summed E-state index contributed by atoms with van der Waals surface area (Å²) < 4.78 is 1.84. The Kier molecular flexibility index (Phi) is 4.02. The van der Waals surface area contributed by atoms with Crippen molar-refractivity contribution in [3.05, 3.63) is 16.4 Å². The molecule has 3 nitrogen and oxygen atoms in total. The first kappa shape index (κ1) is 13.5. The van der Waals surface area contributed by atoms with Crippen molar-refractivity contribution in [2.75, 3.05) is 0 Å². The van der Waals surface area contributed by atoms with Crippen molar-refractivity contribution in [3.8, 4) is 0 Å². The fourth-order valence-corrected chi connectivity index (χ4v) is 1.89. The summed E-state index contributed by atoms with van der Waals surface area (Å²) in [5.74, 6) is 0. The van der Waals surface area contributed by atoms with Crippen LogP contribution in [0.25, 0.3) is 0 Å². The number of hydrogen-bond donors (Lipinski definition) is 1. The zero-order valence-electron chi connectivity index (χ0n) is 10.8. The molecule has 0 fully saturated rings. The first-order valence-electron chi connectivity index (χ1n) is 5.73. The summed E-state index contributed by atoms with van der Waals surface area (Å²) in [7, 11) is 1.92. The van der Waals surface area contributed by atoms with Gasteiger partial charge in [0, 0.05) is 19.5 Å². The number of halogens is 1. The zero-order chi connectivity index (χ0) is 12.5. The third-order valence-corrected chi connectivity index (χ3v) is 4.08. The predicted molar refractivity (Wildman–Crippen MR) is 68.7 cm³/mol. The molecule has 0 saturated heterocycles. The van der Waals surface area contributed by atoms with E-state index in [0.717, 1.165) is 29.3 Å². The lowest BCUT2D eigenvalue weighted by atomic mass is 9.80. The minimum absolute atomic E-state index is 0.102. The Balaban J connectivity index is 2.89. The van der Waals surface area contributed by atoms with Gasteiger partial charge in [-0.2, -0.15) is 5.10 Å². The van der Waals surface area contributed by atoms with Gasteiger partial charge < -0.3 is 5.73 Å². The average molecular weight is 244 g/mol. The van der Waals surface area contributed by atoms with E-state index in [1.54, 1.807) is 0 Å². The maximum atomic E-state index is 6.24. The number of hydrogen-bond acceptors (Lipinski definition) is 2. The van der Waals surface area contributed by atoms with Crippen LogP contribution in [0.3, 0.4) is 0 Å². The molecule has 0 aromatic carbocycles. The van der Waals surface area contributed by atoms with Crippen LogP contribution in [0.1, 0.15) is 38.6 Å². The quantitative estimate of drug-likeness (QED) is 0.884. The van der Waals surface area contributed by atoms with E-state index in [2.05, 4.69) is 25.9 Å². The minimum Gasteiger partial charge on any atom is -0.327 e. The van der Waals surface area contributed by atoms with E-state index >= 15 is 0 Å². The molecule has 0 aliphatic carbocycles. The van der Waals surface area contributed by atoms with Gasteiger partial charge in [-0.15, -0.1) is 0 Å². The second-order valence-electron chi connectivity index (χ2n) is 5.12. The maximum Gasteiger partial charge on any atom is 0.0847 e. The van der Waals surface area contributed by atoms with Crippen LogP contribution in [0.4, 0.5) is 0 Å². The minimum atomic E-state index is 0.102. The van der Waals surface area contributed by atoms with Crippen molar-refractivity contribution in [1.29, 1.82) is 0 Å². The number of rotatable bonds is 4. The first-order valence-corrected chi connectivity index (χ1v) is 6.11. The molecule has 2 N–H and O–H groups in total. The Labute approximate surface area is 103 Å². The second-order valence-corrected chi connectivity index (χ2v) is 5.50. The molecule has 1 rings (SSSR count). The molecule has 92 valence electrons. The molecule has 0 spiro atoms. The maximum absolute atomic E-state index is 6.24. The summed E-state index contributed by atoms with van der Waals surface area (Å²) in [6.45, 7) is 8.46. The Morgan fingerprint density at radius 1 is 1.50 bits per heavy atom. The average Bonchev–Trinajstić information content (AvgIpc) is 2.45. The molecule has 0 aliphatic heterocycles. The molecule has 16 heavy (non-hydrogen) atoms. The van der Waals surface area contributed by atoms with Crippen molar-refractivity contribution >= 4 is 11.6 Å². The van der Waals surface area contributed by atoms with Crippen LogP contribution in [0.15, 0.2) is 0 Å². The van der Waals surface area contributed by atoms with Gasteiger partial charge >= 0.3 is 0 Å². The topological polar surface area (TPSA) is 43.8 Å². The van der Waals surface area contributed by atoms with E-state index in [9.17, 15) is 0 Å². The van der Waals surface area contributed by atoms with Crippen LogP contribution < -0.4 is 5.73 Å². The third kappa shape index (κ3) is 2.58. The van der Waals surface area contributed by atoms with Gasteiger partial charge in [0.1, 0.15) is 0 Å². The predicted octanol–water partition coefficient (Wildman–Crippen LogP) is 2.69. The molecule has 1 atom stereocenters. The van der Waals surface area contributed by atoms with E-state index in [0.29, 0.717) is 0 Å². The number of aromatic nitrogens is 2. The van der Waals surface area contributed by atoms with Gasteiger partial charge in [0.25, 0.3) is 0 Å². The number of nitrogens with zero attached hydrogens (tertiary/aromatic N) is 2. The van der Waals surface area contributed by atoms with Gasteiger partial charge in [0.05, 0.1) is 16.4 Å². The van der Waals surface area contributed by atoms with Crippen LogP contribution >= 0.6 is 11.6 Å². The summed E-state index contributed by atoms with van der Waals surface area (Å²) in [6, 6.07) is 0.102. The fourth-order valence-electron chi connectivity index (χ4n) is 1.65. The standard InChI is InChI=1S/C12H22ClN3/c1-6-12(3,4)10(14)7-9-11(13)8(2)15-16(9)5/h10H,6-7,14H2,1-5H3. The van der Waals surface area contributed by atoms with Gasteiger partial charge in [-0.3, -0.25) is 4.68 Å². The third-order valence-electron chi connectivity index (χ3n) is 3.59. The van der Waals surface area contributed by atoms with Gasteiger partial charge in [-0.05, 0) is 18.8 Å². The smallest absolute Gasteiger partial charge is 0.0847 e. The molecule has 1 unspecified atom stereocenters. The van der Waals surface area contributed by atoms with Crippen molar-refractivity contribution in [3.63, 3.8) is 0 Å². The largest absolute Gasteiger partial charge is 0.327 e. The van der Waals surface area contributed by atoms with Crippen LogP contribution in [-0.2, 0) is 13.5 Å². The summed E-state index contributed by atoms with van der Waals surface area (Å²) in [4.78, 5) is 0.